The lowest BCUT2D eigenvalue weighted by Crippen LogP contribution is -2.56. The number of carboxylic acids is 1. The number of amides is 5. The molecule has 0 saturated carbocycles. The summed E-state index contributed by atoms with van der Waals surface area (Å²) in [6, 6.07) is -3.90. The second-order valence-electron chi connectivity index (χ2n) is 5.98. The molecule has 10 N–H and O–H groups in total. The number of hydrogen-bond donors (Lipinski definition) is 8. The highest BCUT2D eigenvalue weighted by Crippen LogP contribution is 2.03. The highest BCUT2D eigenvalue weighted by atomic mass is 32.1. The Morgan fingerprint density at radius 3 is 1.55 bits per heavy atom. The molecule has 0 aliphatic rings. The molecular formula is C15H26N6O7S. The Kier molecular flexibility index (Phi) is 12.0. The molecule has 0 heterocycles. The first kappa shape index (κ1) is 26.1. The summed E-state index contributed by atoms with van der Waals surface area (Å²) >= 11 is 3.82. The van der Waals surface area contributed by atoms with Crippen LogP contribution in [0.25, 0.3) is 0 Å². The summed E-state index contributed by atoms with van der Waals surface area (Å²) in [4.78, 5) is 69.5. The van der Waals surface area contributed by atoms with Gasteiger partial charge in [-0.15, -0.1) is 0 Å². The number of rotatable bonds is 14. The second kappa shape index (κ2) is 13.3. The highest BCUT2D eigenvalue weighted by Gasteiger charge is 2.29. The third-order valence-corrected chi connectivity index (χ3v) is 3.99. The molecule has 0 spiro atoms. The Bertz CT molecular complexity index is 645. The predicted octanol–water partition coefficient (Wildman–Crippen LogP) is -4.06. The summed E-state index contributed by atoms with van der Waals surface area (Å²) in [6.45, 7) is -0.422. The number of carbonyl (C=O) groups is 6. The van der Waals surface area contributed by atoms with Gasteiger partial charge in [0.05, 0.1) is 6.54 Å². The van der Waals surface area contributed by atoms with Gasteiger partial charge in [0.1, 0.15) is 18.1 Å². The second-order valence-corrected chi connectivity index (χ2v) is 6.34. The Balaban J connectivity index is 5.35. The molecule has 0 saturated heterocycles. The van der Waals surface area contributed by atoms with Gasteiger partial charge in [-0.25, -0.2) is 4.79 Å². The topological polar surface area (TPSA) is 237 Å². The molecule has 0 aliphatic heterocycles. The van der Waals surface area contributed by atoms with Crippen molar-refractivity contribution >= 4 is 48.1 Å². The third-order valence-electron chi connectivity index (χ3n) is 3.63. The first-order valence-corrected chi connectivity index (χ1v) is 9.15. The molecule has 0 aromatic heterocycles. The molecule has 0 fully saturated rings. The fourth-order valence-electron chi connectivity index (χ4n) is 2.09. The van der Waals surface area contributed by atoms with Gasteiger partial charge in [-0.1, -0.05) is 0 Å². The molecule has 0 aliphatic carbocycles. The summed E-state index contributed by atoms with van der Waals surface area (Å²) in [5.74, 6) is -5.45. The quantitative estimate of drug-likeness (QED) is 0.125. The van der Waals surface area contributed by atoms with Crippen molar-refractivity contribution in [1.82, 2.24) is 16.0 Å². The van der Waals surface area contributed by atoms with E-state index in [-0.39, 0.29) is 31.4 Å². The van der Waals surface area contributed by atoms with Crippen LogP contribution in [-0.4, -0.2) is 71.0 Å². The molecule has 13 nitrogen and oxygen atoms in total. The van der Waals surface area contributed by atoms with E-state index >= 15 is 0 Å². The van der Waals surface area contributed by atoms with Crippen LogP contribution in [0.1, 0.15) is 25.7 Å². The number of hydrogen-bond acceptors (Lipinski definition) is 8. The Morgan fingerprint density at radius 1 is 0.793 bits per heavy atom. The Hall–Kier alpha value is -2.87. The van der Waals surface area contributed by atoms with E-state index in [0.717, 1.165) is 0 Å². The van der Waals surface area contributed by atoms with Crippen LogP contribution in [0.5, 0.6) is 0 Å². The third kappa shape index (κ3) is 10.9. The number of primary amides is 2. The van der Waals surface area contributed by atoms with Crippen LogP contribution in [-0.2, 0) is 28.8 Å². The zero-order chi connectivity index (χ0) is 22.6. The Labute approximate surface area is 171 Å². The molecule has 29 heavy (non-hydrogen) atoms. The van der Waals surface area contributed by atoms with Crippen molar-refractivity contribution in [3.05, 3.63) is 0 Å². The van der Waals surface area contributed by atoms with Crippen molar-refractivity contribution in [3.63, 3.8) is 0 Å². The van der Waals surface area contributed by atoms with E-state index in [4.69, 9.17) is 22.3 Å². The standard InChI is InChI=1S/C15H26N6O7S/c16-5-12(24)19-7(1-3-10(17)22)13(25)20-8(2-4-11(18)23)14(26)21-9(6-29)15(27)28/h7-9,29H,1-6,16H2,(H2,17,22)(H2,18,23)(H,19,24)(H,20,25)(H,21,26)(H,27,28). The number of nitrogens with one attached hydrogen (secondary N) is 3. The van der Waals surface area contributed by atoms with Gasteiger partial charge >= 0.3 is 5.97 Å². The maximum atomic E-state index is 12.5. The first-order chi connectivity index (χ1) is 13.5. The molecule has 0 aromatic rings. The first-order valence-electron chi connectivity index (χ1n) is 8.52. The van der Waals surface area contributed by atoms with Crippen molar-refractivity contribution in [2.45, 2.75) is 43.8 Å². The molecule has 14 heteroatoms. The van der Waals surface area contributed by atoms with Crippen LogP contribution in [0.4, 0.5) is 0 Å². The van der Waals surface area contributed by atoms with Crippen LogP contribution in [0.2, 0.25) is 0 Å². The predicted molar refractivity (Wildman–Crippen MR) is 103 cm³/mol. The zero-order valence-electron chi connectivity index (χ0n) is 15.6. The molecule has 0 rings (SSSR count). The van der Waals surface area contributed by atoms with Crippen LogP contribution in [0.15, 0.2) is 0 Å². The fourth-order valence-corrected chi connectivity index (χ4v) is 2.34. The average molecular weight is 434 g/mol. The van der Waals surface area contributed by atoms with Gasteiger partial charge in [-0.2, -0.15) is 12.6 Å². The molecule has 0 radical (unpaired) electrons. The van der Waals surface area contributed by atoms with Gasteiger partial charge in [0.25, 0.3) is 0 Å². The van der Waals surface area contributed by atoms with Crippen LogP contribution >= 0.6 is 12.6 Å². The summed E-state index contributed by atoms with van der Waals surface area (Å²) in [7, 11) is 0. The van der Waals surface area contributed by atoms with E-state index in [2.05, 4.69) is 28.6 Å². The van der Waals surface area contributed by atoms with Crippen molar-refractivity contribution in [2.24, 2.45) is 17.2 Å². The van der Waals surface area contributed by atoms with Gasteiger partial charge in [0, 0.05) is 18.6 Å². The van der Waals surface area contributed by atoms with E-state index < -0.39 is 60.2 Å². The van der Waals surface area contributed by atoms with Gasteiger partial charge < -0.3 is 38.3 Å². The van der Waals surface area contributed by atoms with Gasteiger partial charge in [-0.05, 0) is 12.8 Å². The van der Waals surface area contributed by atoms with Crippen LogP contribution < -0.4 is 33.2 Å². The monoisotopic (exact) mass is 434 g/mol. The van der Waals surface area contributed by atoms with Crippen LogP contribution in [0, 0.1) is 0 Å². The van der Waals surface area contributed by atoms with Gasteiger partial charge in [0.2, 0.25) is 29.5 Å². The maximum Gasteiger partial charge on any atom is 0.327 e. The average Bonchev–Trinajstić information content (AvgIpc) is 2.64. The maximum absolute atomic E-state index is 12.5. The number of thiol groups is 1. The van der Waals surface area contributed by atoms with E-state index in [1.54, 1.807) is 0 Å². The summed E-state index contributed by atoms with van der Waals surface area (Å²) < 4.78 is 0. The van der Waals surface area contributed by atoms with Crippen molar-refractivity contribution in [3.8, 4) is 0 Å². The minimum Gasteiger partial charge on any atom is -0.480 e. The van der Waals surface area contributed by atoms with E-state index in [1.165, 1.54) is 0 Å². The molecule has 0 aromatic carbocycles. The van der Waals surface area contributed by atoms with Crippen LogP contribution in [0.3, 0.4) is 0 Å². The molecule has 164 valence electrons. The lowest BCUT2D eigenvalue weighted by molar-refractivity contribution is -0.141. The molecule has 3 unspecified atom stereocenters. The SMILES string of the molecule is NCC(=O)NC(CCC(N)=O)C(=O)NC(CCC(N)=O)C(=O)NC(CS)C(=O)O. The lowest BCUT2D eigenvalue weighted by atomic mass is 10.1. The molecule has 3 atom stereocenters. The zero-order valence-corrected chi connectivity index (χ0v) is 16.4. The van der Waals surface area contributed by atoms with E-state index in [1.807, 2.05) is 0 Å². The minimum atomic E-state index is -1.34. The Morgan fingerprint density at radius 2 is 1.21 bits per heavy atom. The summed E-state index contributed by atoms with van der Waals surface area (Å²) in [5.41, 5.74) is 15.3. The normalized spacial score (nSPS) is 13.4. The highest BCUT2D eigenvalue weighted by molar-refractivity contribution is 7.80. The minimum absolute atomic E-state index is 0.161. The summed E-state index contributed by atoms with van der Waals surface area (Å²) in [6.07, 6.45) is -0.898. The van der Waals surface area contributed by atoms with Crippen molar-refractivity contribution in [1.29, 1.82) is 0 Å². The number of carbonyl (C=O) groups excluding carboxylic acids is 5. The van der Waals surface area contributed by atoms with Crippen molar-refractivity contribution < 1.29 is 33.9 Å². The largest absolute Gasteiger partial charge is 0.480 e. The molecular weight excluding hydrogens is 408 g/mol. The molecule has 0 bridgehead atoms. The van der Waals surface area contributed by atoms with Gasteiger partial charge in [-0.3, -0.25) is 24.0 Å². The van der Waals surface area contributed by atoms with Crippen molar-refractivity contribution in [2.75, 3.05) is 12.3 Å². The number of carboxylic acid groups (broad SMARTS) is 1. The van der Waals surface area contributed by atoms with E-state index in [9.17, 15) is 28.8 Å². The van der Waals surface area contributed by atoms with E-state index in [0.29, 0.717) is 0 Å². The fraction of sp³-hybridized carbons (Fsp3) is 0.600. The lowest BCUT2D eigenvalue weighted by Gasteiger charge is -2.24. The molecule has 5 amide bonds. The smallest absolute Gasteiger partial charge is 0.327 e. The van der Waals surface area contributed by atoms with Gasteiger partial charge in [0.15, 0.2) is 0 Å². The number of aliphatic carboxylic acids is 1. The summed E-state index contributed by atoms with van der Waals surface area (Å²) in [5, 5.41) is 15.8. The number of nitrogens with two attached hydrogens (primary N) is 3.